The number of fused-ring (bicyclic) bond motifs is 4. The highest BCUT2D eigenvalue weighted by Crippen LogP contribution is 2.47. The second kappa shape index (κ2) is 41.1. The molecule has 23 rings (SSSR count). The zero-order valence-electron chi connectivity index (χ0n) is 80.7. The Kier molecular flexibility index (Phi) is 27.3. The van der Waals surface area contributed by atoms with Gasteiger partial charge in [-0.25, -0.2) is 19.9 Å². The standard InChI is InChI=1S/C31H29N3O3.C29H25ClN4O2.C29H27N5O3.C29H28N4O3/c1-2-30(36)33-15-12-23(18-33)29-17-24-16-22(20-6-7-20)8-9-26(24)31(37)34(29)28-5-3-4-25(27(28)19-35)21-10-13-32-14-11-21;1-2-27(35)33-15-21(16-33)25-13-20-12-18(17-6-7-17)8-9-23(20)29(36)34(25)24-5-3-4-22(28(24)30)19-10-11-32-26(31)14-19;1-2-28(36)33-13-20(14-33)26-11-19-10-18(17-6-7-17)8-9-21(19)29(37)34(26)25-5-3-4-22(23(25)15-35)24-12-27(30)32-16-31-24;1-3-28(35)32(2)16-22-14-21-13-19(18-7-8-18)9-10-24(21)29(36)33(22)26-6-4-5-23(25(26)17-34)20-11-12-31-27(30)15-20/h2-5,8-11,13-14,16-17,20,23,35H,1,6-7,12,15,18-19H2;2-5,8-14,17,21H,1,6-7,15-16H2,(H2,31,32);2-5,8-12,16-17,20,35H,1,6-7,13-15H2,(H2,30,31,32);3-6,9-15,18,34H,1,7-8,16-17H2,2H3,(H2,30,31). The van der Waals surface area contributed by atoms with Crippen molar-refractivity contribution in [2.24, 2.45) is 0 Å². The van der Waals surface area contributed by atoms with Crippen LogP contribution in [-0.2, 0) is 45.5 Å². The maximum absolute atomic E-state index is 14.2. The molecular weight excluding hydrogens is 1850 g/mol. The number of carbonyl (C=O) groups is 4. The highest BCUT2D eigenvalue weighted by molar-refractivity contribution is 6.35. The van der Waals surface area contributed by atoms with Gasteiger partial charge in [0, 0.05) is 167 Å². The molecule has 9 N–H and O–H groups in total. The minimum absolute atomic E-state index is 0.00636. The summed E-state index contributed by atoms with van der Waals surface area (Å²) in [7, 11) is 1.67. The number of aliphatic hydroxyl groups is 3. The van der Waals surface area contributed by atoms with Gasteiger partial charge in [-0.1, -0.05) is 135 Å². The molecule has 11 heterocycles. The largest absolute Gasteiger partial charge is 0.392 e. The quantitative estimate of drug-likeness (QED) is 0.0306. The maximum Gasteiger partial charge on any atom is 0.263 e. The second-order valence-corrected chi connectivity index (χ2v) is 39.0. The van der Waals surface area contributed by atoms with Crippen LogP contribution in [0.4, 0.5) is 17.5 Å². The van der Waals surface area contributed by atoms with Crippen LogP contribution in [0.3, 0.4) is 0 Å². The van der Waals surface area contributed by atoms with E-state index in [0.29, 0.717) is 163 Å². The van der Waals surface area contributed by atoms with E-state index in [1.54, 1.807) is 83.0 Å². The van der Waals surface area contributed by atoms with E-state index >= 15 is 0 Å². The summed E-state index contributed by atoms with van der Waals surface area (Å²) in [5, 5.41) is 38.1. The van der Waals surface area contributed by atoms with Gasteiger partial charge in [-0.3, -0.25) is 61.6 Å². The summed E-state index contributed by atoms with van der Waals surface area (Å²) < 4.78 is 6.78. The number of nitrogen functional groups attached to an aromatic ring is 3. The second-order valence-electron chi connectivity index (χ2n) is 38.6. The number of pyridine rings is 7. The number of hydrogen-bond donors (Lipinski definition) is 6. The van der Waals surface area contributed by atoms with E-state index in [2.05, 4.69) is 106 Å². The minimum atomic E-state index is -0.300. The number of aromatic nitrogens is 9. The van der Waals surface area contributed by atoms with Crippen molar-refractivity contribution in [2.75, 3.05) is 63.5 Å². The van der Waals surface area contributed by atoms with Crippen LogP contribution in [0.15, 0.2) is 313 Å². The molecule has 8 aromatic heterocycles. The Hall–Kier alpha value is -16.5. The van der Waals surface area contributed by atoms with Crippen molar-refractivity contribution in [1.29, 1.82) is 0 Å². The van der Waals surface area contributed by atoms with Crippen LogP contribution < -0.4 is 39.4 Å². The monoisotopic (exact) mass is 1960 g/mol. The van der Waals surface area contributed by atoms with Gasteiger partial charge in [0.1, 0.15) is 23.8 Å². The number of nitrogens with zero attached hydrogens (tertiary/aromatic N) is 13. The first kappa shape index (κ1) is 97.0. The van der Waals surface area contributed by atoms with Crippen molar-refractivity contribution in [2.45, 2.75) is 126 Å². The van der Waals surface area contributed by atoms with Crippen molar-refractivity contribution in [3.05, 3.63) is 402 Å². The zero-order valence-corrected chi connectivity index (χ0v) is 81.5. The summed E-state index contributed by atoms with van der Waals surface area (Å²) in [5.74, 6) is 2.76. The SMILES string of the molecule is C=CC(=O)N(C)Cc1cc2cc(C3CC3)ccc2c(=O)n1-c1cccc(-c2ccnc(N)c2)c1CO.C=CC(=O)N1CC(c2cc3cc(C4CC4)ccc3c(=O)n2-c2cccc(-c3cc(N)ncn3)c2CO)C1.C=CC(=O)N1CC(c2cc3cc(C4CC4)ccc3c(=O)n2-c2cccc(-c3ccnc(N)c3)c2Cl)C1.C=CC(=O)N1CCC(c2cc3cc(C4CC4)ccc3c(=O)n2-c2cccc(-c3ccncc3)c2CO)C1. The molecule has 1 atom stereocenters. The molecule has 0 spiro atoms. The first-order valence-corrected chi connectivity index (χ1v) is 49.6. The van der Waals surface area contributed by atoms with Crippen LogP contribution in [0, 0.1) is 0 Å². The summed E-state index contributed by atoms with van der Waals surface area (Å²) in [6.45, 7) is 17.0. The van der Waals surface area contributed by atoms with Crippen LogP contribution in [0.2, 0.25) is 5.02 Å². The number of aliphatic hydroxyl groups excluding tert-OH is 3. The molecule has 28 heteroatoms. The van der Waals surface area contributed by atoms with E-state index in [1.807, 2.05) is 140 Å². The fourth-order valence-corrected chi connectivity index (χ4v) is 21.1. The fraction of sp³-hybridized carbons (Fsp3) is 0.229. The molecule has 8 aromatic carbocycles. The lowest BCUT2D eigenvalue weighted by Gasteiger charge is -2.40. The van der Waals surface area contributed by atoms with Gasteiger partial charge in [-0.15, -0.1) is 0 Å². The number of amides is 4. The van der Waals surface area contributed by atoms with E-state index in [4.69, 9.17) is 28.8 Å². The molecule has 27 nitrogen and oxygen atoms in total. The van der Waals surface area contributed by atoms with E-state index < -0.39 is 0 Å². The number of carbonyl (C=O) groups excluding carboxylic acids is 4. The normalized spacial score (nSPS) is 15.4. The molecule has 1 unspecified atom stereocenters. The third kappa shape index (κ3) is 19.4. The number of benzene rings is 8. The molecule has 4 saturated carbocycles. The van der Waals surface area contributed by atoms with Crippen LogP contribution in [0.25, 0.3) is 110 Å². The van der Waals surface area contributed by atoms with Crippen molar-refractivity contribution in [3.8, 4) is 67.4 Å². The molecule has 146 heavy (non-hydrogen) atoms. The van der Waals surface area contributed by atoms with Crippen molar-refractivity contribution in [1.82, 2.24) is 62.8 Å². The molecule has 0 bridgehead atoms. The van der Waals surface area contributed by atoms with E-state index in [-0.39, 0.29) is 90.0 Å². The zero-order chi connectivity index (χ0) is 102. The van der Waals surface area contributed by atoms with Gasteiger partial charge < -0.3 is 52.1 Å². The number of nitrogens with two attached hydrogens (primary N) is 3. The average molecular weight is 1960 g/mol. The molecule has 16 aromatic rings. The highest BCUT2D eigenvalue weighted by Gasteiger charge is 2.39. The van der Waals surface area contributed by atoms with Gasteiger partial charge in [0.2, 0.25) is 23.6 Å². The summed E-state index contributed by atoms with van der Waals surface area (Å²) in [6.07, 6.45) is 23.5. The molecule has 4 amide bonds. The lowest BCUT2D eigenvalue weighted by atomic mass is 9.92. The summed E-state index contributed by atoms with van der Waals surface area (Å²) >= 11 is 6.97. The maximum atomic E-state index is 14.2. The first-order chi connectivity index (χ1) is 70.9. The fourth-order valence-electron chi connectivity index (χ4n) is 20.8. The lowest BCUT2D eigenvalue weighted by molar-refractivity contribution is -0.131. The molecule has 7 aliphatic rings. The van der Waals surface area contributed by atoms with Gasteiger partial charge in [-0.05, 0) is 287 Å². The Bertz CT molecular complexity index is 8250. The number of anilines is 3. The van der Waals surface area contributed by atoms with Gasteiger partial charge in [0.25, 0.3) is 22.2 Å². The minimum Gasteiger partial charge on any atom is -0.392 e. The first-order valence-electron chi connectivity index (χ1n) is 49.2. The van der Waals surface area contributed by atoms with E-state index in [1.165, 1.54) is 96.3 Å². The van der Waals surface area contributed by atoms with Crippen molar-refractivity contribution in [3.63, 3.8) is 0 Å². The number of halogens is 1. The molecule has 7 fully saturated rings. The number of rotatable bonds is 24. The Labute approximate surface area is 846 Å². The number of likely N-dealkylation sites (tertiary alicyclic amines) is 3. The number of hydrogen-bond acceptors (Lipinski definition) is 19. The van der Waals surface area contributed by atoms with Gasteiger partial charge >= 0.3 is 0 Å². The molecule has 4 aliphatic carbocycles. The Morgan fingerprint density at radius 3 is 1.16 bits per heavy atom. The molecular formula is C118H109ClN16O11. The van der Waals surface area contributed by atoms with E-state index in [9.17, 15) is 53.7 Å². The molecule has 3 saturated heterocycles. The average Bonchev–Trinajstić information content (AvgIpc) is 1.32. The number of likely N-dealkylation sites (N-methyl/N-ethyl adjacent to an activating group) is 1. The third-order valence-electron chi connectivity index (χ3n) is 29.2. The Morgan fingerprint density at radius 2 is 0.740 bits per heavy atom. The molecule has 734 valence electrons. The molecule has 0 radical (unpaired) electrons. The highest BCUT2D eigenvalue weighted by atomic mass is 35.5. The summed E-state index contributed by atoms with van der Waals surface area (Å²) in [5.41, 5.74) is 35.7. The lowest BCUT2D eigenvalue weighted by Crippen LogP contribution is -2.49. The smallest absolute Gasteiger partial charge is 0.263 e. The van der Waals surface area contributed by atoms with Crippen LogP contribution >= 0.6 is 11.6 Å². The van der Waals surface area contributed by atoms with Crippen LogP contribution in [0.5, 0.6) is 0 Å². The van der Waals surface area contributed by atoms with E-state index in [0.717, 1.165) is 91.3 Å². The topological polar surface area (TPSA) is 372 Å². The van der Waals surface area contributed by atoms with Crippen molar-refractivity contribution < 1.29 is 34.5 Å². The summed E-state index contributed by atoms with van der Waals surface area (Å²) in [4.78, 5) is 132. The Balaban J connectivity index is 0.000000118. The predicted molar refractivity (Wildman–Crippen MR) is 573 cm³/mol. The molecule has 3 aliphatic heterocycles. The predicted octanol–water partition coefficient (Wildman–Crippen LogP) is 17.9. The van der Waals surface area contributed by atoms with Gasteiger partial charge in [0.05, 0.1) is 59.8 Å². The van der Waals surface area contributed by atoms with Crippen LogP contribution in [0.1, 0.15) is 161 Å². The van der Waals surface area contributed by atoms with Gasteiger partial charge in [-0.2, -0.15) is 0 Å². The van der Waals surface area contributed by atoms with Crippen molar-refractivity contribution >= 4 is 95.8 Å². The third-order valence-corrected chi connectivity index (χ3v) is 29.5. The summed E-state index contributed by atoms with van der Waals surface area (Å²) in [6, 6.07) is 67.7. The van der Waals surface area contributed by atoms with Crippen LogP contribution in [-0.4, -0.2) is 148 Å². The van der Waals surface area contributed by atoms with Gasteiger partial charge in [0.15, 0.2) is 0 Å². The Morgan fingerprint density at radius 1 is 0.377 bits per heavy atom.